The minimum Gasteiger partial charge on any atom is -0.490 e. The maximum Gasteiger partial charge on any atom is 0.203 e. The molecule has 0 saturated heterocycles. The van der Waals surface area contributed by atoms with Crippen molar-refractivity contribution in [1.82, 2.24) is 0 Å². The molecule has 0 aliphatic carbocycles. The van der Waals surface area contributed by atoms with Crippen LogP contribution in [0.25, 0.3) is 0 Å². The molecule has 0 heterocycles. The molecular weight excluding hydrogens is 280 g/mol. The van der Waals surface area contributed by atoms with Crippen molar-refractivity contribution in [3.63, 3.8) is 0 Å². The summed E-state index contributed by atoms with van der Waals surface area (Å²) < 4.78 is 17.5. The smallest absolute Gasteiger partial charge is 0.203 e. The lowest BCUT2D eigenvalue weighted by Gasteiger charge is -2.18. The van der Waals surface area contributed by atoms with Gasteiger partial charge < -0.3 is 14.2 Å². The normalized spacial score (nSPS) is 10.4. The molecule has 0 bridgehead atoms. The van der Waals surface area contributed by atoms with Crippen molar-refractivity contribution in [2.45, 2.75) is 53.4 Å². The van der Waals surface area contributed by atoms with E-state index in [1.807, 2.05) is 12.1 Å². The summed E-state index contributed by atoms with van der Waals surface area (Å²) in [6, 6.07) is 3.78. The van der Waals surface area contributed by atoms with E-state index in [-0.39, 0.29) is 5.78 Å². The van der Waals surface area contributed by atoms with Gasteiger partial charge in [-0.15, -0.1) is 0 Å². The summed E-state index contributed by atoms with van der Waals surface area (Å²) in [4.78, 5) is 11.4. The Morgan fingerprint density at radius 2 is 1.32 bits per heavy atom. The molecule has 0 N–H and O–H groups in total. The van der Waals surface area contributed by atoms with Gasteiger partial charge in [0.05, 0.1) is 19.8 Å². The predicted molar refractivity (Wildman–Crippen MR) is 88.2 cm³/mol. The SMILES string of the molecule is CCCOc1cc(CC(C)=O)cc(OCCC)c1OCCC. The maximum atomic E-state index is 11.4. The van der Waals surface area contributed by atoms with Crippen molar-refractivity contribution in [2.24, 2.45) is 0 Å². The van der Waals surface area contributed by atoms with E-state index in [9.17, 15) is 4.79 Å². The van der Waals surface area contributed by atoms with E-state index in [1.165, 1.54) is 0 Å². The van der Waals surface area contributed by atoms with Crippen LogP contribution in [0.3, 0.4) is 0 Å². The van der Waals surface area contributed by atoms with Crippen LogP contribution in [-0.2, 0) is 11.2 Å². The maximum absolute atomic E-state index is 11.4. The highest BCUT2D eigenvalue weighted by Crippen LogP contribution is 2.39. The zero-order chi connectivity index (χ0) is 16.4. The monoisotopic (exact) mass is 308 g/mol. The third-order valence-electron chi connectivity index (χ3n) is 2.91. The molecule has 0 amide bonds. The van der Waals surface area contributed by atoms with Crippen LogP contribution in [0.4, 0.5) is 0 Å². The summed E-state index contributed by atoms with van der Waals surface area (Å²) in [5.74, 6) is 2.10. The van der Waals surface area contributed by atoms with Gasteiger partial charge in [0, 0.05) is 6.42 Å². The van der Waals surface area contributed by atoms with Crippen molar-refractivity contribution in [3.8, 4) is 17.2 Å². The van der Waals surface area contributed by atoms with Gasteiger partial charge >= 0.3 is 0 Å². The Hall–Kier alpha value is -1.71. The summed E-state index contributed by atoms with van der Waals surface area (Å²) >= 11 is 0. The number of benzene rings is 1. The molecule has 0 spiro atoms. The van der Waals surface area contributed by atoms with Crippen LogP contribution in [0.2, 0.25) is 0 Å². The lowest BCUT2D eigenvalue weighted by molar-refractivity contribution is -0.116. The van der Waals surface area contributed by atoms with Crippen LogP contribution in [-0.4, -0.2) is 25.6 Å². The van der Waals surface area contributed by atoms with Gasteiger partial charge in [0.15, 0.2) is 11.5 Å². The summed E-state index contributed by atoms with van der Waals surface area (Å²) in [5, 5.41) is 0. The predicted octanol–water partition coefficient (Wildman–Crippen LogP) is 4.18. The molecular formula is C18H28O4. The van der Waals surface area contributed by atoms with Gasteiger partial charge in [0.2, 0.25) is 5.75 Å². The fraction of sp³-hybridized carbons (Fsp3) is 0.611. The van der Waals surface area contributed by atoms with E-state index < -0.39 is 0 Å². The Labute approximate surface area is 133 Å². The van der Waals surface area contributed by atoms with Gasteiger partial charge in [-0.1, -0.05) is 20.8 Å². The fourth-order valence-corrected chi connectivity index (χ4v) is 2.01. The second kappa shape index (κ2) is 10.1. The molecule has 0 saturated carbocycles. The summed E-state index contributed by atoms with van der Waals surface area (Å²) in [6.45, 7) is 9.58. The molecule has 0 aromatic heterocycles. The average Bonchev–Trinajstić information content (AvgIpc) is 2.48. The Kier molecular flexibility index (Phi) is 8.41. The molecule has 22 heavy (non-hydrogen) atoms. The molecule has 0 atom stereocenters. The molecule has 0 radical (unpaired) electrons. The highest BCUT2D eigenvalue weighted by molar-refractivity contribution is 5.78. The molecule has 4 heteroatoms. The van der Waals surface area contributed by atoms with Gasteiger partial charge in [-0.2, -0.15) is 0 Å². The number of ether oxygens (including phenoxy) is 3. The van der Waals surface area contributed by atoms with Crippen LogP contribution >= 0.6 is 0 Å². The number of rotatable bonds is 11. The van der Waals surface area contributed by atoms with Crippen LogP contribution in [0.15, 0.2) is 12.1 Å². The molecule has 1 aromatic rings. The van der Waals surface area contributed by atoms with Crippen molar-refractivity contribution >= 4 is 5.78 Å². The minimum absolute atomic E-state index is 0.116. The first-order valence-corrected chi connectivity index (χ1v) is 8.17. The fourth-order valence-electron chi connectivity index (χ4n) is 2.01. The Bertz CT molecular complexity index is 439. The van der Waals surface area contributed by atoms with Crippen molar-refractivity contribution in [2.75, 3.05) is 19.8 Å². The van der Waals surface area contributed by atoms with Crippen molar-refractivity contribution < 1.29 is 19.0 Å². The second-order valence-corrected chi connectivity index (χ2v) is 5.35. The van der Waals surface area contributed by atoms with Gasteiger partial charge in [0.25, 0.3) is 0 Å². The number of carbonyl (C=O) groups is 1. The van der Waals surface area contributed by atoms with E-state index in [1.54, 1.807) is 6.92 Å². The second-order valence-electron chi connectivity index (χ2n) is 5.35. The number of hydrogen-bond donors (Lipinski definition) is 0. The Balaban J connectivity index is 3.15. The quantitative estimate of drug-likeness (QED) is 0.615. The first kappa shape index (κ1) is 18.3. The van der Waals surface area contributed by atoms with E-state index in [0.717, 1.165) is 24.8 Å². The molecule has 0 fully saturated rings. The van der Waals surface area contributed by atoms with Gasteiger partial charge in [-0.25, -0.2) is 0 Å². The molecule has 124 valence electrons. The van der Waals surface area contributed by atoms with Gasteiger partial charge in [0.1, 0.15) is 5.78 Å². The Morgan fingerprint density at radius 1 is 0.864 bits per heavy atom. The molecule has 1 aromatic carbocycles. The van der Waals surface area contributed by atoms with Crippen molar-refractivity contribution in [1.29, 1.82) is 0 Å². The van der Waals surface area contributed by atoms with E-state index in [0.29, 0.717) is 43.5 Å². The molecule has 4 nitrogen and oxygen atoms in total. The first-order valence-electron chi connectivity index (χ1n) is 8.17. The summed E-state index contributed by atoms with van der Waals surface area (Å²) in [5.41, 5.74) is 0.897. The van der Waals surface area contributed by atoms with E-state index >= 15 is 0 Å². The zero-order valence-corrected chi connectivity index (χ0v) is 14.2. The van der Waals surface area contributed by atoms with Crippen LogP contribution in [0.5, 0.6) is 17.2 Å². The Morgan fingerprint density at radius 3 is 1.73 bits per heavy atom. The lowest BCUT2D eigenvalue weighted by Crippen LogP contribution is -2.07. The number of carbonyl (C=O) groups excluding carboxylic acids is 1. The largest absolute Gasteiger partial charge is 0.490 e. The van der Waals surface area contributed by atoms with E-state index in [4.69, 9.17) is 14.2 Å². The highest BCUT2D eigenvalue weighted by atomic mass is 16.5. The van der Waals surface area contributed by atoms with Gasteiger partial charge in [-0.05, 0) is 43.9 Å². The number of ketones is 1. The third-order valence-corrected chi connectivity index (χ3v) is 2.91. The molecule has 0 aliphatic heterocycles. The molecule has 0 aliphatic rings. The average molecular weight is 308 g/mol. The van der Waals surface area contributed by atoms with Crippen LogP contribution in [0, 0.1) is 0 Å². The van der Waals surface area contributed by atoms with Crippen molar-refractivity contribution in [3.05, 3.63) is 17.7 Å². The third kappa shape index (κ3) is 5.96. The van der Waals surface area contributed by atoms with Crippen LogP contribution in [0.1, 0.15) is 52.5 Å². The highest BCUT2D eigenvalue weighted by Gasteiger charge is 2.16. The van der Waals surface area contributed by atoms with Gasteiger partial charge in [-0.3, -0.25) is 4.79 Å². The lowest BCUT2D eigenvalue weighted by atomic mass is 10.1. The topological polar surface area (TPSA) is 44.8 Å². The van der Waals surface area contributed by atoms with E-state index in [2.05, 4.69) is 20.8 Å². The molecule has 0 unspecified atom stereocenters. The zero-order valence-electron chi connectivity index (χ0n) is 14.2. The first-order chi connectivity index (χ1) is 10.6. The van der Waals surface area contributed by atoms with Crippen LogP contribution < -0.4 is 14.2 Å². The summed E-state index contributed by atoms with van der Waals surface area (Å²) in [6.07, 6.45) is 3.11. The number of hydrogen-bond acceptors (Lipinski definition) is 4. The number of Topliss-reactive ketones (excluding diaryl/α,β-unsaturated/α-hetero) is 1. The molecule has 1 rings (SSSR count). The summed E-state index contributed by atoms with van der Waals surface area (Å²) in [7, 11) is 0. The minimum atomic E-state index is 0.116. The standard InChI is InChI=1S/C18H28O4/c1-5-8-20-16-12-15(11-14(4)19)13-17(21-9-6-2)18(16)22-10-7-3/h12-13H,5-11H2,1-4H3.